The first kappa shape index (κ1) is 19.7. The standard InChI is InChI=1S/C25H32N2O3/c28-25-7-3-4-14-27(25)21-12-15-26(16-13-21)17-19-8-10-20(11-9-19)24-18-29-22-5-1-2-6-23(22)30-24/h1-2,5-6,8-10,20-21,24H,3-4,7,11-18H2/t20?,24-/m1/s1. The summed E-state index contributed by atoms with van der Waals surface area (Å²) in [6, 6.07) is 8.37. The minimum absolute atomic E-state index is 0.0757. The Hall–Kier alpha value is -2.27. The fraction of sp³-hybridized carbons (Fsp3) is 0.560. The van der Waals surface area contributed by atoms with E-state index in [4.69, 9.17) is 9.47 Å². The van der Waals surface area contributed by atoms with E-state index < -0.39 is 0 Å². The number of piperidine rings is 2. The number of rotatable bonds is 4. The van der Waals surface area contributed by atoms with Gasteiger partial charge >= 0.3 is 0 Å². The summed E-state index contributed by atoms with van der Waals surface area (Å²) in [6.07, 6.45) is 13.2. The molecule has 0 spiro atoms. The third-order valence-electron chi connectivity index (χ3n) is 6.98. The van der Waals surface area contributed by atoms with Gasteiger partial charge in [-0.05, 0) is 49.8 Å². The molecule has 5 nitrogen and oxygen atoms in total. The highest BCUT2D eigenvalue weighted by molar-refractivity contribution is 5.77. The molecule has 5 heteroatoms. The predicted octanol–water partition coefficient (Wildman–Crippen LogP) is 3.81. The number of hydrogen-bond acceptors (Lipinski definition) is 4. The van der Waals surface area contributed by atoms with E-state index in [1.54, 1.807) is 0 Å². The highest BCUT2D eigenvalue weighted by atomic mass is 16.6. The van der Waals surface area contributed by atoms with Gasteiger partial charge in [0.2, 0.25) is 5.91 Å². The molecule has 2 saturated heterocycles. The Morgan fingerprint density at radius 1 is 1.03 bits per heavy atom. The molecule has 0 aromatic heterocycles. The quantitative estimate of drug-likeness (QED) is 0.760. The lowest BCUT2D eigenvalue weighted by Crippen LogP contribution is -2.49. The number of nitrogens with zero attached hydrogens (tertiary/aromatic N) is 2. The van der Waals surface area contributed by atoms with E-state index in [1.807, 2.05) is 24.3 Å². The Labute approximate surface area is 179 Å². The SMILES string of the molecule is O=C1CCCCN1C1CCN(CC2=CCC([C@H]3COc4ccccc4O3)C=C2)CC1. The number of para-hydroxylation sites is 2. The topological polar surface area (TPSA) is 42.0 Å². The second-order valence-corrected chi connectivity index (χ2v) is 9.00. The minimum Gasteiger partial charge on any atom is -0.486 e. The molecule has 1 unspecified atom stereocenters. The van der Waals surface area contributed by atoms with E-state index in [9.17, 15) is 4.79 Å². The lowest BCUT2D eigenvalue weighted by Gasteiger charge is -2.40. The van der Waals surface area contributed by atoms with Crippen molar-refractivity contribution in [1.29, 1.82) is 0 Å². The molecule has 0 radical (unpaired) electrons. The monoisotopic (exact) mass is 408 g/mol. The van der Waals surface area contributed by atoms with Crippen molar-refractivity contribution >= 4 is 5.91 Å². The van der Waals surface area contributed by atoms with Crippen molar-refractivity contribution in [2.75, 3.05) is 32.8 Å². The van der Waals surface area contributed by atoms with Crippen molar-refractivity contribution in [2.24, 2.45) is 5.92 Å². The van der Waals surface area contributed by atoms with Crippen LogP contribution >= 0.6 is 0 Å². The lowest BCUT2D eigenvalue weighted by molar-refractivity contribution is -0.136. The van der Waals surface area contributed by atoms with Gasteiger partial charge in [0.1, 0.15) is 12.7 Å². The summed E-state index contributed by atoms with van der Waals surface area (Å²) < 4.78 is 12.1. The van der Waals surface area contributed by atoms with Gasteiger partial charge in [-0.25, -0.2) is 0 Å². The molecule has 3 heterocycles. The molecule has 30 heavy (non-hydrogen) atoms. The number of amides is 1. The van der Waals surface area contributed by atoms with Crippen LogP contribution < -0.4 is 9.47 Å². The van der Waals surface area contributed by atoms with Gasteiger partial charge in [0.25, 0.3) is 0 Å². The van der Waals surface area contributed by atoms with E-state index in [1.165, 1.54) is 12.0 Å². The van der Waals surface area contributed by atoms with Crippen LogP contribution in [0, 0.1) is 5.92 Å². The number of carbonyl (C=O) groups excluding carboxylic acids is 1. The Morgan fingerprint density at radius 3 is 2.63 bits per heavy atom. The summed E-state index contributed by atoms with van der Waals surface area (Å²) >= 11 is 0. The summed E-state index contributed by atoms with van der Waals surface area (Å²) in [6.45, 7) is 4.75. The van der Waals surface area contributed by atoms with E-state index in [0.717, 1.165) is 69.8 Å². The van der Waals surface area contributed by atoms with E-state index in [2.05, 4.69) is 28.0 Å². The molecule has 0 bridgehead atoms. The lowest BCUT2D eigenvalue weighted by atomic mass is 9.91. The van der Waals surface area contributed by atoms with Crippen molar-refractivity contribution in [3.63, 3.8) is 0 Å². The highest BCUT2D eigenvalue weighted by Crippen LogP contribution is 2.34. The van der Waals surface area contributed by atoms with Crippen LogP contribution in [-0.2, 0) is 4.79 Å². The summed E-state index contributed by atoms with van der Waals surface area (Å²) in [5.74, 6) is 2.43. The maximum Gasteiger partial charge on any atom is 0.222 e. The maximum absolute atomic E-state index is 12.2. The normalized spacial score (nSPS) is 27.8. The number of ether oxygens (including phenoxy) is 2. The van der Waals surface area contributed by atoms with Crippen LogP contribution in [0.4, 0.5) is 0 Å². The van der Waals surface area contributed by atoms with Gasteiger partial charge in [-0.1, -0.05) is 30.4 Å². The van der Waals surface area contributed by atoms with Crippen molar-refractivity contribution in [1.82, 2.24) is 9.80 Å². The Kier molecular flexibility index (Phi) is 5.80. The number of fused-ring (bicyclic) bond motifs is 1. The van der Waals surface area contributed by atoms with Crippen LogP contribution in [0.1, 0.15) is 38.5 Å². The Balaban J connectivity index is 1.09. The average Bonchev–Trinajstić information content (AvgIpc) is 2.80. The van der Waals surface area contributed by atoms with Crippen molar-refractivity contribution in [2.45, 2.75) is 50.7 Å². The van der Waals surface area contributed by atoms with E-state index >= 15 is 0 Å². The molecule has 4 aliphatic rings. The molecule has 2 fully saturated rings. The average molecular weight is 409 g/mol. The first-order valence-corrected chi connectivity index (χ1v) is 11.5. The Bertz CT molecular complexity index is 825. The van der Waals surface area contributed by atoms with Crippen molar-refractivity contribution in [3.8, 4) is 11.5 Å². The predicted molar refractivity (Wildman–Crippen MR) is 117 cm³/mol. The molecule has 5 rings (SSSR count). The van der Waals surface area contributed by atoms with Crippen LogP contribution in [-0.4, -0.2) is 60.6 Å². The van der Waals surface area contributed by atoms with Gasteiger partial charge in [0.15, 0.2) is 11.5 Å². The molecule has 1 aliphatic carbocycles. The van der Waals surface area contributed by atoms with Crippen LogP contribution in [0.5, 0.6) is 11.5 Å². The fourth-order valence-corrected chi connectivity index (χ4v) is 5.18. The molecule has 3 aliphatic heterocycles. The maximum atomic E-state index is 12.2. The molecule has 1 aromatic carbocycles. The van der Waals surface area contributed by atoms with Crippen LogP contribution in [0.3, 0.4) is 0 Å². The molecule has 2 atom stereocenters. The third kappa shape index (κ3) is 4.27. The van der Waals surface area contributed by atoms with Gasteiger partial charge in [0, 0.05) is 44.6 Å². The van der Waals surface area contributed by atoms with Gasteiger partial charge in [-0.2, -0.15) is 0 Å². The first-order chi connectivity index (χ1) is 14.8. The van der Waals surface area contributed by atoms with Crippen LogP contribution in [0.2, 0.25) is 0 Å². The van der Waals surface area contributed by atoms with Gasteiger partial charge in [-0.3, -0.25) is 9.69 Å². The zero-order chi connectivity index (χ0) is 20.3. The van der Waals surface area contributed by atoms with E-state index in [-0.39, 0.29) is 6.10 Å². The second-order valence-electron chi connectivity index (χ2n) is 9.00. The van der Waals surface area contributed by atoms with Gasteiger partial charge < -0.3 is 14.4 Å². The Morgan fingerprint density at radius 2 is 1.87 bits per heavy atom. The minimum atomic E-state index is 0.0757. The molecule has 1 amide bonds. The summed E-state index contributed by atoms with van der Waals surface area (Å²) in [5.41, 5.74) is 1.40. The second kappa shape index (κ2) is 8.84. The third-order valence-corrected chi connectivity index (χ3v) is 6.98. The number of likely N-dealkylation sites (tertiary alicyclic amines) is 2. The number of hydrogen-bond donors (Lipinski definition) is 0. The first-order valence-electron chi connectivity index (χ1n) is 11.5. The van der Waals surface area contributed by atoms with Crippen LogP contribution in [0.25, 0.3) is 0 Å². The van der Waals surface area contributed by atoms with Crippen molar-refractivity contribution < 1.29 is 14.3 Å². The van der Waals surface area contributed by atoms with Gasteiger partial charge in [-0.15, -0.1) is 0 Å². The van der Waals surface area contributed by atoms with E-state index in [0.29, 0.717) is 24.5 Å². The number of benzene rings is 1. The zero-order valence-corrected chi connectivity index (χ0v) is 17.7. The van der Waals surface area contributed by atoms with Crippen LogP contribution in [0.15, 0.2) is 48.1 Å². The molecule has 160 valence electrons. The number of allylic oxidation sites excluding steroid dienone is 1. The summed E-state index contributed by atoms with van der Waals surface area (Å²) in [7, 11) is 0. The smallest absolute Gasteiger partial charge is 0.222 e. The van der Waals surface area contributed by atoms with Gasteiger partial charge in [0.05, 0.1) is 0 Å². The largest absolute Gasteiger partial charge is 0.486 e. The summed E-state index contributed by atoms with van der Waals surface area (Å²) in [5, 5.41) is 0. The summed E-state index contributed by atoms with van der Waals surface area (Å²) in [4.78, 5) is 16.9. The van der Waals surface area contributed by atoms with Crippen molar-refractivity contribution in [3.05, 3.63) is 48.1 Å². The highest BCUT2D eigenvalue weighted by Gasteiger charge is 2.30. The molecule has 1 aromatic rings. The molecular formula is C25H32N2O3. The molecular weight excluding hydrogens is 376 g/mol. The zero-order valence-electron chi connectivity index (χ0n) is 17.7. The number of carbonyl (C=O) groups is 1. The molecule has 0 saturated carbocycles. The fourth-order valence-electron chi connectivity index (χ4n) is 5.18. The molecule has 0 N–H and O–H groups in total.